The van der Waals surface area contributed by atoms with Crippen molar-refractivity contribution < 1.29 is 8.42 Å². The number of hydrogen-bond acceptors (Lipinski definition) is 4. The second kappa shape index (κ2) is 4.43. The molecule has 0 saturated carbocycles. The number of hydrogen-bond donors (Lipinski definition) is 2. The standard InChI is InChI=1S/C11H14N4O2S/c1-8-14-5-6-15(8)10-4-3-9(12)7-11(10)18(16,17)13-2/h3-7,13H,12H2,1-2H3. The van der Waals surface area contributed by atoms with Gasteiger partial charge in [-0.3, -0.25) is 0 Å². The van der Waals surface area contributed by atoms with Crippen LogP contribution < -0.4 is 10.5 Å². The predicted molar refractivity (Wildman–Crippen MR) is 69.0 cm³/mol. The third-order valence-corrected chi connectivity index (χ3v) is 4.07. The number of aryl methyl sites for hydroxylation is 1. The summed E-state index contributed by atoms with van der Waals surface area (Å²) in [6, 6.07) is 4.75. The van der Waals surface area contributed by atoms with Crippen molar-refractivity contribution in [3.05, 3.63) is 36.4 Å². The topological polar surface area (TPSA) is 90.0 Å². The number of anilines is 1. The Balaban J connectivity index is 2.73. The minimum atomic E-state index is -3.57. The van der Waals surface area contributed by atoms with Crippen LogP contribution in [-0.2, 0) is 10.0 Å². The van der Waals surface area contributed by atoms with Gasteiger partial charge in [-0.1, -0.05) is 0 Å². The zero-order valence-electron chi connectivity index (χ0n) is 10.1. The number of aromatic nitrogens is 2. The van der Waals surface area contributed by atoms with Crippen molar-refractivity contribution in [3.63, 3.8) is 0 Å². The maximum Gasteiger partial charge on any atom is 0.242 e. The van der Waals surface area contributed by atoms with Crippen LogP contribution in [0.5, 0.6) is 0 Å². The molecule has 0 bridgehead atoms. The summed E-state index contributed by atoms with van der Waals surface area (Å²) in [6.45, 7) is 1.80. The maximum atomic E-state index is 12.0. The lowest BCUT2D eigenvalue weighted by atomic mass is 10.3. The number of rotatable bonds is 3. The highest BCUT2D eigenvalue weighted by Crippen LogP contribution is 2.23. The third-order valence-electron chi connectivity index (χ3n) is 2.63. The van der Waals surface area contributed by atoms with Gasteiger partial charge in [0.15, 0.2) is 0 Å². The number of nitrogens with two attached hydrogens (primary N) is 1. The predicted octanol–water partition coefficient (Wildman–Crippen LogP) is 0.671. The van der Waals surface area contributed by atoms with Crippen LogP contribution in [-0.4, -0.2) is 25.0 Å². The lowest BCUT2D eigenvalue weighted by molar-refractivity contribution is 0.587. The van der Waals surface area contributed by atoms with Crippen molar-refractivity contribution in [2.24, 2.45) is 0 Å². The van der Waals surface area contributed by atoms with E-state index in [4.69, 9.17) is 5.73 Å². The van der Waals surface area contributed by atoms with E-state index < -0.39 is 10.0 Å². The van der Waals surface area contributed by atoms with Gasteiger partial charge in [-0.25, -0.2) is 18.1 Å². The fourth-order valence-corrected chi connectivity index (χ4v) is 2.64. The number of sulfonamides is 1. The maximum absolute atomic E-state index is 12.0. The van der Waals surface area contributed by atoms with Gasteiger partial charge < -0.3 is 10.3 Å². The van der Waals surface area contributed by atoms with Crippen LogP contribution in [0.1, 0.15) is 5.82 Å². The highest BCUT2D eigenvalue weighted by atomic mass is 32.2. The molecule has 1 aromatic carbocycles. The number of nitrogens with zero attached hydrogens (tertiary/aromatic N) is 2. The van der Waals surface area contributed by atoms with E-state index in [0.29, 0.717) is 17.2 Å². The Morgan fingerprint density at radius 2 is 2.11 bits per heavy atom. The molecule has 0 aliphatic heterocycles. The molecule has 18 heavy (non-hydrogen) atoms. The average molecular weight is 266 g/mol. The largest absolute Gasteiger partial charge is 0.399 e. The van der Waals surface area contributed by atoms with Gasteiger partial charge in [-0.05, 0) is 32.2 Å². The molecule has 0 radical (unpaired) electrons. The second-order valence-corrected chi connectivity index (χ2v) is 5.63. The summed E-state index contributed by atoms with van der Waals surface area (Å²) in [6.07, 6.45) is 3.32. The molecular formula is C11H14N4O2S. The smallest absolute Gasteiger partial charge is 0.242 e. The Morgan fingerprint density at radius 1 is 1.39 bits per heavy atom. The Morgan fingerprint density at radius 3 is 2.67 bits per heavy atom. The van der Waals surface area contributed by atoms with Crippen LogP contribution in [0.4, 0.5) is 5.69 Å². The molecule has 0 unspecified atom stereocenters. The van der Waals surface area contributed by atoms with E-state index in [1.165, 1.54) is 13.1 Å². The minimum absolute atomic E-state index is 0.131. The van der Waals surface area contributed by atoms with Crippen molar-refractivity contribution in [1.82, 2.24) is 14.3 Å². The van der Waals surface area contributed by atoms with E-state index in [1.54, 1.807) is 36.0 Å². The molecule has 3 N–H and O–H groups in total. The van der Waals surface area contributed by atoms with E-state index >= 15 is 0 Å². The highest BCUT2D eigenvalue weighted by Gasteiger charge is 2.18. The lowest BCUT2D eigenvalue weighted by Crippen LogP contribution is -2.21. The summed E-state index contributed by atoms with van der Waals surface area (Å²) in [4.78, 5) is 4.21. The fourth-order valence-electron chi connectivity index (χ4n) is 1.69. The second-order valence-electron chi connectivity index (χ2n) is 3.78. The third kappa shape index (κ3) is 2.09. The van der Waals surface area contributed by atoms with E-state index in [1.807, 2.05) is 0 Å². The molecule has 7 heteroatoms. The van der Waals surface area contributed by atoms with Gasteiger partial charge in [0, 0.05) is 18.1 Å². The molecule has 0 aliphatic rings. The van der Waals surface area contributed by atoms with E-state index in [9.17, 15) is 8.42 Å². The summed E-state index contributed by atoms with van der Waals surface area (Å²) < 4.78 is 27.9. The summed E-state index contributed by atoms with van der Waals surface area (Å²) in [7, 11) is -2.21. The molecule has 2 aromatic rings. The number of imidazole rings is 1. The van der Waals surface area contributed by atoms with Gasteiger partial charge in [-0.2, -0.15) is 0 Å². The molecule has 96 valence electrons. The Labute approximate surface area is 106 Å². The van der Waals surface area contributed by atoms with E-state index in [2.05, 4.69) is 9.71 Å². The van der Waals surface area contributed by atoms with E-state index in [-0.39, 0.29) is 4.90 Å². The molecule has 0 atom stereocenters. The molecule has 0 spiro atoms. The molecule has 0 fully saturated rings. The zero-order chi connectivity index (χ0) is 13.3. The van der Waals surface area contributed by atoms with Crippen LogP contribution in [0.2, 0.25) is 0 Å². The normalized spacial score (nSPS) is 11.7. The Hall–Kier alpha value is -1.86. The first-order chi connectivity index (χ1) is 8.45. The van der Waals surface area contributed by atoms with Crippen LogP contribution in [0.3, 0.4) is 0 Å². The number of benzene rings is 1. The molecule has 0 aliphatic carbocycles. The van der Waals surface area contributed by atoms with Gasteiger partial charge >= 0.3 is 0 Å². The first-order valence-electron chi connectivity index (χ1n) is 5.29. The van der Waals surface area contributed by atoms with Gasteiger partial charge in [0.25, 0.3) is 0 Å². The Bertz CT molecular complexity index is 676. The van der Waals surface area contributed by atoms with Crippen LogP contribution >= 0.6 is 0 Å². The zero-order valence-corrected chi connectivity index (χ0v) is 10.9. The van der Waals surface area contributed by atoms with Crippen molar-refractivity contribution in [3.8, 4) is 5.69 Å². The van der Waals surface area contributed by atoms with Crippen molar-refractivity contribution >= 4 is 15.7 Å². The Kier molecular flexibility index (Phi) is 3.10. The lowest BCUT2D eigenvalue weighted by Gasteiger charge is -2.12. The first kappa shape index (κ1) is 12.6. The fraction of sp³-hybridized carbons (Fsp3) is 0.182. The molecule has 2 rings (SSSR count). The average Bonchev–Trinajstić information content (AvgIpc) is 2.75. The van der Waals surface area contributed by atoms with Crippen molar-refractivity contribution in [2.45, 2.75) is 11.8 Å². The van der Waals surface area contributed by atoms with Gasteiger partial charge in [0.05, 0.1) is 5.69 Å². The monoisotopic (exact) mass is 266 g/mol. The van der Waals surface area contributed by atoms with Crippen LogP contribution in [0.15, 0.2) is 35.5 Å². The SMILES string of the molecule is CNS(=O)(=O)c1cc(N)ccc1-n1ccnc1C. The molecule has 6 nitrogen and oxygen atoms in total. The van der Waals surface area contributed by atoms with Crippen molar-refractivity contribution in [2.75, 3.05) is 12.8 Å². The quantitative estimate of drug-likeness (QED) is 0.799. The van der Waals surface area contributed by atoms with E-state index in [0.717, 1.165) is 0 Å². The summed E-state index contributed by atoms with van der Waals surface area (Å²) >= 11 is 0. The molecule has 1 aromatic heterocycles. The van der Waals surface area contributed by atoms with Gasteiger partial charge in [0.2, 0.25) is 10.0 Å². The number of nitrogens with one attached hydrogen (secondary N) is 1. The first-order valence-corrected chi connectivity index (χ1v) is 6.77. The molecular weight excluding hydrogens is 252 g/mol. The van der Waals surface area contributed by atoms with Gasteiger partial charge in [-0.15, -0.1) is 0 Å². The van der Waals surface area contributed by atoms with Crippen molar-refractivity contribution in [1.29, 1.82) is 0 Å². The molecule has 0 saturated heterocycles. The van der Waals surface area contributed by atoms with Crippen LogP contribution in [0, 0.1) is 6.92 Å². The summed E-state index contributed by atoms with van der Waals surface area (Å²) in [5.41, 5.74) is 6.57. The summed E-state index contributed by atoms with van der Waals surface area (Å²) in [5.74, 6) is 0.701. The van der Waals surface area contributed by atoms with Crippen LogP contribution in [0.25, 0.3) is 5.69 Å². The van der Waals surface area contributed by atoms with Gasteiger partial charge in [0.1, 0.15) is 10.7 Å². The minimum Gasteiger partial charge on any atom is -0.399 e. The highest BCUT2D eigenvalue weighted by molar-refractivity contribution is 7.89. The molecule has 1 heterocycles. The summed E-state index contributed by atoms with van der Waals surface area (Å²) in [5, 5.41) is 0. The number of nitrogen functional groups attached to an aromatic ring is 1. The molecule has 0 amide bonds.